The second kappa shape index (κ2) is 9.30. The standard InChI is InChI=1S/C22H22F3N5O/c23-17-7-3-1-5-15(17)22(31)26-9-10-29-11-13-30(14-12-29)21-16-6-2-4-8-18(16)27-20(28-21)19(24)25/h1-8,19H,9-14H2,(H,26,31). The molecule has 4 rings (SSSR count). The lowest BCUT2D eigenvalue weighted by atomic mass is 10.2. The number of para-hydroxylation sites is 1. The van der Waals surface area contributed by atoms with Crippen molar-refractivity contribution in [2.45, 2.75) is 6.43 Å². The molecule has 0 radical (unpaired) electrons. The fourth-order valence-electron chi connectivity index (χ4n) is 3.67. The lowest BCUT2D eigenvalue weighted by Crippen LogP contribution is -2.48. The van der Waals surface area contributed by atoms with Crippen LogP contribution >= 0.6 is 0 Å². The van der Waals surface area contributed by atoms with Crippen molar-refractivity contribution in [1.29, 1.82) is 0 Å². The van der Waals surface area contributed by atoms with Crippen LogP contribution in [-0.4, -0.2) is 60.0 Å². The second-order valence-electron chi connectivity index (χ2n) is 7.29. The summed E-state index contributed by atoms with van der Waals surface area (Å²) in [5, 5.41) is 3.48. The minimum absolute atomic E-state index is 0.0257. The molecule has 3 aromatic rings. The Hall–Kier alpha value is -3.20. The maximum atomic E-state index is 13.7. The van der Waals surface area contributed by atoms with Gasteiger partial charge in [0.25, 0.3) is 12.3 Å². The van der Waals surface area contributed by atoms with Gasteiger partial charge >= 0.3 is 0 Å². The van der Waals surface area contributed by atoms with Crippen molar-refractivity contribution in [2.24, 2.45) is 0 Å². The third kappa shape index (κ3) is 4.77. The first kappa shape index (κ1) is 21.0. The van der Waals surface area contributed by atoms with Gasteiger partial charge < -0.3 is 10.2 Å². The first-order valence-electron chi connectivity index (χ1n) is 10.1. The van der Waals surface area contributed by atoms with Crippen LogP contribution in [0.4, 0.5) is 19.0 Å². The molecule has 0 spiro atoms. The Kier molecular flexibility index (Phi) is 6.31. The Morgan fingerprint density at radius 1 is 1.00 bits per heavy atom. The van der Waals surface area contributed by atoms with Crippen LogP contribution in [0.5, 0.6) is 0 Å². The molecule has 0 bridgehead atoms. The minimum Gasteiger partial charge on any atom is -0.353 e. The number of amides is 1. The number of piperazine rings is 1. The van der Waals surface area contributed by atoms with Gasteiger partial charge in [0.1, 0.15) is 11.6 Å². The van der Waals surface area contributed by atoms with Crippen LogP contribution in [0.1, 0.15) is 22.6 Å². The molecule has 9 heteroatoms. The van der Waals surface area contributed by atoms with Crippen LogP contribution in [0, 0.1) is 5.82 Å². The number of carbonyl (C=O) groups is 1. The largest absolute Gasteiger partial charge is 0.353 e. The average molecular weight is 429 g/mol. The van der Waals surface area contributed by atoms with Crippen molar-refractivity contribution in [2.75, 3.05) is 44.2 Å². The molecule has 0 unspecified atom stereocenters. The third-order valence-corrected chi connectivity index (χ3v) is 5.30. The van der Waals surface area contributed by atoms with Gasteiger partial charge in [-0.15, -0.1) is 0 Å². The normalized spacial score (nSPS) is 14.9. The highest BCUT2D eigenvalue weighted by atomic mass is 19.3. The molecule has 31 heavy (non-hydrogen) atoms. The topological polar surface area (TPSA) is 61.4 Å². The first-order chi connectivity index (χ1) is 15.0. The number of halogens is 3. The average Bonchev–Trinajstić information content (AvgIpc) is 2.79. The highest BCUT2D eigenvalue weighted by Crippen LogP contribution is 2.27. The number of hydrogen-bond acceptors (Lipinski definition) is 5. The SMILES string of the molecule is O=C(NCCN1CCN(c2nc(C(F)F)nc3ccccc23)CC1)c1ccccc1F. The Balaban J connectivity index is 1.35. The van der Waals surface area contributed by atoms with Crippen LogP contribution in [-0.2, 0) is 0 Å². The van der Waals surface area contributed by atoms with Gasteiger partial charge in [0.2, 0.25) is 0 Å². The molecule has 1 saturated heterocycles. The molecule has 0 saturated carbocycles. The van der Waals surface area contributed by atoms with Crippen molar-refractivity contribution in [3.8, 4) is 0 Å². The number of benzene rings is 2. The molecule has 1 aliphatic heterocycles. The van der Waals surface area contributed by atoms with Crippen LogP contribution in [0.15, 0.2) is 48.5 Å². The molecule has 1 aromatic heterocycles. The fourth-order valence-corrected chi connectivity index (χ4v) is 3.67. The van der Waals surface area contributed by atoms with Crippen molar-refractivity contribution >= 4 is 22.6 Å². The van der Waals surface area contributed by atoms with Crippen LogP contribution in [0.25, 0.3) is 10.9 Å². The highest BCUT2D eigenvalue weighted by Gasteiger charge is 2.23. The molecule has 2 aromatic carbocycles. The predicted molar refractivity (Wildman–Crippen MR) is 112 cm³/mol. The van der Waals surface area contributed by atoms with E-state index in [1.807, 2.05) is 17.0 Å². The van der Waals surface area contributed by atoms with Gasteiger partial charge in [-0.05, 0) is 24.3 Å². The van der Waals surface area contributed by atoms with Gasteiger partial charge in [-0.2, -0.15) is 0 Å². The molecule has 0 atom stereocenters. The summed E-state index contributed by atoms with van der Waals surface area (Å²) in [6.07, 6.45) is -2.73. The molecule has 162 valence electrons. The van der Waals surface area contributed by atoms with E-state index < -0.39 is 24.0 Å². The summed E-state index contributed by atoms with van der Waals surface area (Å²) in [5.74, 6) is -0.932. The van der Waals surface area contributed by atoms with Crippen molar-refractivity contribution in [1.82, 2.24) is 20.2 Å². The number of hydrogen-bond donors (Lipinski definition) is 1. The number of anilines is 1. The number of nitrogens with one attached hydrogen (secondary N) is 1. The quantitative estimate of drug-likeness (QED) is 0.652. The van der Waals surface area contributed by atoms with E-state index in [1.54, 1.807) is 18.2 Å². The van der Waals surface area contributed by atoms with Crippen LogP contribution in [0.3, 0.4) is 0 Å². The van der Waals surface area contributed by atoms with Crippen molar-refractivity contribution < 1.29 is 18.0 Å². The number of nitrogens with zero attached hydrogens (tertiary/aromatic N) is 4. The predicted octanol–water partition coefficient (Wildman–Crippen LogP) is 3.26. The van der Waals surface area contributed by atoms with E-state index in [2.05, 4.69) is 20.2 Å². The summed E-state index contributed by atoms with van der Waals surface area (Å²) in [7, 11) is 0. The molecule has 6 nitrogen and oxygen atoms in total. The number of fused-ring (bicyclic) bond motifs is 1. The number of carbonyl (C=O) groups excluding carboxylic acids is 1. The molecule has 2 heterocycles. The summed E-state index contributed by atoms with van der Waals surface area (Å²) < 4.78 is 40.2. The van der Waals surface area contributed by atoms with Gasteiger partial charge in [0.05, 0.1) is 11.1 Å². The number of alkyl halides is 2. The molecule has 1 amide bonds. The first-order valence-corrected chi connectivity index (χ1v) is 10.1. The summed E-state index contributed by atoms with van der Waals surface area (Å²) >= 11 is 0. The maximum absolute atomic E-state index is 13.7. The zero-order chi connectivity index (χ0) is 21.8. The van der Waals surface area contributed by atoms with E-state index in [0.717, 1.165) is 5.39 Å². The molecule has 0 aliphatic carbocycles. The third-order valence-electron chi connectivity index (χ3n) is 5.30. The summed E-state index contributed by atoms with van der Waals surface area (Å²) in [6.45, 7) is 3.62. The van der Waals surface area contributed by atoms with Gasteiger partial charge in [-0.3, -0.25) is 9.69 Å². The van der Waals surface area contributed by atoms with Crippen LogP contribution in [0.2, 0.25) is 0 Å². The number of aromatic nitrogens is 2. The van der Waals surface area contributed by atoms with E-state index in [0.29, 0.717) is 50.6 Å². The lowest BCUT2D eigenvalue weighted by Gasteiger charge is -2.36. The second-order valence-corrected chi connectivity index (χ2v) is 7.29. The summed E-state index contributed by atoms with van der Waals surface area (Å²) in [5.41, 5.74) is 0.527. The Labute approximate surface area is 177 Å². The Bertz CT molecular complexity index is 1070. The lowest BCUT2D eigenvalue weighted by molar-refractivity contribution is 0.0943. The van der Waals surface area contributed by atoms with E-state index in [-0.39, 0.29) is 5.56 Å². The zero-order valence-electron chi connectivity index (χ0n) is 16.8. The molecule has 1 fully saturated rings. The Morgan fingerprint density at radius 2 is 1.71 bits per heavy atom. The van der Waals surface area contributed by atoms with Gasteiger partial charge in [-0.25, -0.2) is 23.1 Å². The van der Waals surface area contributed by atoms with E-state index in [4.69, 9.17) is 0 Å². The fraction of sp³-hybridized carbons (Fsp3) is 0.318. The molecule has 1 aliphatic rings. The van der Waals surface area contributed by atoms with Crippen molar-refractivity contribution in [3.63, 3.8) is 0 Å². The van der Waals surface area contributed by atoms with Crippen molar-refractivity contribution in [3.05, 3.63) is 65.7 Å². The molecular weight excluding hydrogens is 407 g/mol. The monoisotopic (exact) mass is 429 g/mol. The van der Waals surface area contributed by atoms with E-state index in [9.17, 15) is 18.0 Å². The molecular formula is C22H22F3N5O. The minimum atomic E-state index is -2.73. The zero-order valence-corrected chi connectivity index (χ0v) is 16.8. The van der Waals surface area contributed by atoms with Gasteiger partial charge in [0, 0.05) is 44.7 Å². The van der Waals surface area contributed by atoms with E-state index in [1.165, 1.54) is 18.2 Å². The van der Waals surface area contributed by atoms with Gasteiger partial charge in [0.15, 0.2) is 5.82 Å². The van der Waals surface area contributed by atoms with Gasteiger partial charge in [-0.1, -0.05) is 24.3 Å². The summed E-state index contributed by atoms with van der Waals surface area (Å²) in [4.78, 5) is 24.4. The van der Waals surface area contributed by atoms with Crippen LogP contribution < -0.4 is 10.2 Å². The smallest absolute Gasteiger partial charge is 0.297 e. The number of rotatable bonds is 6. The van der Waals surface area contributed by atoms with E-state index >= 15 is 0 Å². The Morgan fingerprint density at radius 3 is 2.45 bits per heavy atom. The maximum Gasteiger partial charge on any atom is 0.297 e. The summed E-state index contributed by atoms with van der Waals surface area (Å²) in [6, 6.07) is 13.0. The highest BCUT2D eigenvalue weighted by molar-refractivity contribution is 5.94. The molecule has 1 N–H and O–H groups in total.